The standard InChI is InChI=1S/C19H24N4O3/c1-25-15-5-2-4-14(12-15)7-9-20-18(24)17-8-10-21-19(23-17)22-13-16-6-3-11-26-16/h2,4-5,8,10,12,16H,3,6-7,9,11,13H2,1H3,(H,20,24)(H,21,22,23). The molecule has 7 nitrogen and oxygen atoms in total. The molecule has 7 heteroatoms. The monoisotopic (exact) mass is 356 g/mol. The van der Waals surface area contributed by atoms with Crippen LogP contribution in [0.1, 0.15) is 28.9 Å². The van der Waals surface area contributed by atoms with Crippen molar-refractivity contribution in [3.05, 3.63) is 47.8 Å². The van der Waals surface area contributed by atoms with E-state index in [0.29, 0.717) is 24.7 Å². The Morgan fingerprint density at radius 3 is 3.12 bits per heavy atom. The van der Waals surface area contributed by atoms with Crippen molar-refractivity contribution in [2.45, 2.75) is 25.4 Å². The summed E-state index contributed by atoms with van der Waals surface area (Å²) < 4.78 is 10.8. The second-order valence-electron chi connectivity index (χ2n) is 6.14. The smallest absolute Gasteiger partial charge is 0.270 e. The Bertz CT molecular complexity index is 732. The molecular weight excluding hydrogens is 332 g/mol. The Balaban J connectivity index is 1.48. The van der Waals surface area contributed by atoms with Crippen LogP contribution in [0.25, 0.3) is 0 Å². The predicted molar refractivity (Wildman–Crippen MR) is 98.5 cm³/mol. The second kappa shape index (κ2) is 9.15. The number of nitrogens with zero attached hydrogens (tertiary/aromatic N) is 2. The van der Waals surface area contributed by atoms with E-state index in [9.17, 15) is 4.79 Å². The van der Waals surface area contributed by atoms with Gasteiger partial charge in [-0.05, 0) is 43.0 Å². The van der Waals surface area contributed by atoms with Gasteiger partial charge in [0, 0.05) is 25.9 Å². The minimum atomic E-state index is -0.213. The van der Waals surface area contributed by atoms with Crippen LogP contribution in [-0.4, -0.2) is 48.8 Å². The van der Waals surface area contributed by atoms with Gasteiger partial charge in [0.15, 0.2) is 0 Å². The molecule has 1 aliphatic heterocycles. The van der Waals surface area contributed by atoms with Gasteiger partial charge in [-0.15, -0.1) is 0 Å². The van der Waals surface area contributed by atoms with Crippen molar-refractivity contribution in [3.8, 4) is 5.75 Å². The van der Waals surface area contributed by atoms with Crippen LogP contribution in [0.3, 0.4) is 0 Å². The zero-order valence-electron chi connectivity index (χ0n) is 14.9. The Morgan fingerprint density at radius 2 is 2.31 bits per heavy atom. The lowest BCUT2D eigenvalue weighted by Gasteiger charge is -2.11. The summed E-state index contributed by atoms with van der Waals surface area (Å²) in [6.45, 7) is 1.98. The molecule has 138 valence electrons. The molecule has 1 atom stereocenters. The Hall–Kier alpha value is -2.67. The van der Waals surface area contributed by atoms with Gasteiger partial charge in [-0.3, -0.25) is 4.79 Å². The first-order valence-corrected chi connectivity index (χ1v) is 8.84. The number of hydrogen-bond donors (Lipinski definition) is 2. The first kappa shape index (κ1) is 18.1. The van der Waals surface area contributed by atoms with Crippen LogP contribution in [0.2, 0.25) is 0 Å². The van der Waals surface area contributed by atoms with Gasteiger partial charge in [0.1, 0.15) is 11.4 Å². The molecule has 0 saturated carbocycles. The van der Waals surface area contributed by atoms with Crippen molar-refractivity contribution in [3.63, 3.8) is 0 Å². The average Bonchev–Trinajstić information content (AvgIpc) is 3.20. The molecule has 1 aromatic heterocycles. The molecule has 1 aliphatic rings. The summed E-state index contributed by atoms with van der Waals surface area (Å²) >= 11 is 0. The maximum absolute atomic E-state index is 12.3. The number of benzene rings is 1. The molecule has 2 heterocycles. The van der Waals surface area contributed by atoms with Gasteiger partial charge in [0.2, 0.25) is 5.95 Å². The highest BCUT2D eigenvalue weighted by Crippen LogP contribution is 2.13. The van der Waals surface area contributed by atoms with Crippen molar-refractivity contribution >= 4 is 11.9 Å². The van der Waals surface area contributed by atoms with Crippen LogP contribution < -0.4 is 15.4 Å². The van der Waals surface area contributed by atoms with E-state index in [0.717, 1.165) is 37.2 Å². The summed E-state index contributed by atoms with van der Waals surface area (Å²) in [7, 11) is 1.64. The molecular formula is C19H24N4O3. The van der Waals surface area contributed by atoms with Crippen LogP contribution >= 0.6 is 0 Å². The number of anilines is 1. The molecule has 0 bridgehead atoms. The van der Waals surface area contributed by atoms with Crippen LogP contribution in [0.4, 0.5) is 5.95 Å². The van der Waals surface area contributed by atoms with E-state index >= 15 is 0 Å². The number of carbonyl (C=O) groups excluding carboxylic acids is 1. The van der Waals surface area contributed by atoms with E-state index in [4.69, 9.17) is 9.47 Å². The molecule has 0 radical (unpaired) electrons. The lowest BCUT2D eigenvalue weighted by atomic mass is 10.1. The number of hydrogen-bond acceptors (Lipinski definition) is 6. The van der Waals surface area contributed by atoms with Crippen molar-refractivity contribution in [2.24, 2.45) is 0 Å². The molecule has 1 aromatic carbocycles. The maximum Gasteiger partial charge on any atom is 0.270 e. The largest absolute Gasteiger partial charge is 0.497 e. The summed E-state index contributed by atoms with van der Waals surface area (Å²) in [5, 5.41) is 6.02. The summed E-state index contributed by atoms with van der Waals surface area (Å²) in [5.41, 5.74) is 1.45. The second-order valence-corrected chi connectivity index (χ2v) is 6.14. The summed E-state index contributed by atoms with van der Waals surface area (Å²) in [4.78, 5) is 20.7. The van der Waals surface area contributed by atoms with E-state index in [1.54, 1.807) is 19.4 Å². The van der Waals surface area contributed by atoms with Gasteiger partial charge < -0.3 is 20.1 Å². The molecule has 26 heavy (non-hydrogen) atoms. The third kappa shape index (κ3) is 5.16. The first-order valence-electron chi connectivity index (χ1n) is 8.84. The highest BCUT2D eigenvalue weighted by Gasteiger charge is 2.16. The van der Waals surface area contributed by atoms with Gasteiger partial charge in [-0.2, -0.15) is 0 Å². The molecule has 1 amide bonds. The molecule has 3 rings (SSSR count). The molecule has 2 N–H and O–H groups in total. The highest BCUT2D eigenvalue weighted by molar-refractivity contribution is 5.92. The molecule has 1 fully saturated rings. The fourth-order valence-electron chi connectivity index (χ4n) is 2.82. The van der Waals surface area contributed by atoms with Crippen LogP contribution in [0, 0.1) is 0 Å². The van der Waals surface area contributed by atoms with E-state index in [1.807, 2.05) is 24.3 Å². The van der Waals surface area contributed by atoms with Gasteiger partial charge in [0.05, 0.1) is 13.2 Å². The Kier molecular flexibility index (Phi) is 6.38. The highest BCUT2D eigenvalue weighted by atomic mass is 16.5. The van der Waals surface area contributed by atoms with Crippen LogP contribution in [-0.2, 0) is 11.2 Å². The minimum absolute atomic E-state index is 0.193. The van der Waals surface area contributed by atoms with Crippen molar-refractivity contribution < 1.29 is 14.3 Å². The van der Waals surface area contributed by atoms with E-state index in [1.165, 1.54) is 0 Å². The Labute approximate surface area is 153 Å². The normalized spacial score (nSPS) is 16.3. The van der Waals surface area contributed by atoms with Gasteiger partial charge >= 0.3 is 0 Å². The third-order valence-corrected chi connectivity index (χ3v) is 4.23. The van der Waals surface area contributed by atoms with Crippen molar-refractivity contribution in [1.29, 1.82) is 0 Å². The van der Waals surface area contributed by atoms with Crippen LogP contribution in [0.5, 0.6) is 5.75 Å². The lowest BCUT2D eigenvalue weighted by Crippen LogP contribution is -2.27. The number of rotatable bonds is 8. The fourth-order valence-corrected chi connectivity index (χ4v) is 2.82. The lowest BCUT2D eigenvalue weighted by molar-refractivity contribution is 0.0949. The minimum Gasteiger partial charge on any atom is -0.497 e. The van der Waals surface area contributed by atoms with E-state index < -0.39 is 0 Å². The summed E-state index contributed by atoms with van der Waals surface area (Å²) in [6.07, 6.45) is 4.62. The number of amides is 1. The SMILES string of the molecule is COc1cccc(CCNC(=O)c2ccnc(NCC3CCCO3)n2)c1. The number of nitrogens with one attached hydrogen (secondary N) is 2. The topological polar surface area (TPSA) is 85.4 Å². The molecule has 0 spiro atoms. The zero-order chi connectivity index (χ0) is 18.2. The number of methoxy groups -OCH3 is 1. The average molecular weight is 356 g/mol. The first-order chi connectivity index (χ1) is 12.7. The quantitative estimate of drug-likeness (QED) is 0.753. The predicted octanol–water partition coefficient (Wildman–Crippen LogP) is 2.05. The number of carbonyl (C=O) groups is 1. The molecule has 1 saturated heterocycles. The van der Waals surface area contributed by atoms with Gasteiger partial charge in [-0.25, -0.2) is 9.97 Å². The van der Waals surface area contributed by atoms with Crippen molar-refractivity contribution in [2.75, 3.05) is 32.1 Å². The maximum atomic E-state index is 12.3. The fraction of sp³-hybridized carbons (Fsp3) is 0.421. The van der Waals surface area contributed by atoms with Crippen LogP contribution in [0.15, 0.2) is 36.5 Å². The number of ether oxygens (including phenoxy) is 2. The number of aromatic nitrogens is 2. The zero-order valence-corrected chi connectivity index (χ0v) is 14.9. The molecule has 2 aromatic rings. The van der Waals surface area contributed by atoms with E-state index in [-0.39, 0.29) is 12.0 Å². The molecule has 1 unspecified atom stereocenters. The third-order valence-electron chi connectivity index (χ3n) is 4.23. The van der Waals surface area contributed by atoms with E-state index in [2.05, 4.69) is 20.6 Å². The van der Waals surface area contributed by atoms with Gasteiger partial charge in [-0.1, -0.05) is 12.1 Å². The Morgan fingerprint density at radius 1 is 1.38 bits per heavy atom. The summed E-state index contributed by atoms with van der Waals surface area (Å²) in [5.74, 6) is 1.04. The van der Waals surface area contributed by atoms with Crippen molar-refractivity contribution in [1.82, 2.24) is 15.3 Å². The van der Waals surface area contributed by atoms with Gasteiger partial charge in [0.25, 0.3) is 5.91 Å². The summed E-state index contributed by atoms with van der Waals surface area (Å²) in [6, 6.07) is 9.41. The molecule has 0 aliphatic carbocycles.